The molecule has 1 atom stereocenters. The number of amides is 1. The second-order valence-electron chi connectivity index (χ2n) is 4.89. The molecule has 2 N–H and O–H groups in total. The number of nitrogens with one attached hydrogen (secondary N) is 1. The van der Waals surface area contributed by atoms with E-state index in [1.54, 1.807) is 0 Å². The van der Waals surface area contributed by atoms with Crippen molar-refractivity contribution >= 4 is 11.6 Å². The molecule has 1 unspecified atom stereocenters. The standard InChI is InChI=1S/C15H24N2O2/c1-4-17(3)14-7-5-13(6-8-14)15(19)16-11-12(2)9-10-18/h5-8,12,18H,4,9-11H2,1-3H3,(H,16,19). The Kier molecular flexibility index (Phi) is 6.36. The first-order chi connectivity index (χ1) is 9.08. The zero-order chi connectivity index (χ0) is 14.3. The van der Waals surface area contributed by atoms with E-state index < -0.39 is 0 Å². The van der Waals surface area contributed by atoms with Gasteiger partial charge in [0.2, 0.25) is 0 Å². The van der Waals surface area contributed by atoms with Gasteiger partial charge in [0, 0.05) is 38.0 Å². The first kappa shape index (κ1) is 15.5. The summed E-state index contributed by atoms with van der Waals surface area (Å²) in [7, 11) is 2.02. The molecule has 0 aliphatic carbocycles. The van der Waals surface area contributed by atoms with E-state index in [9.17, 15) is 4.79 Å². The van der Waals surface area contributed by atoms with Crippen LogP contribution in [0, 0.1) is 5.92 Å². The number of nitrogens with zero attached hydrogens (tertiary/aromatic N) is 1. The molecule has 0 aliphatic heterocycles. The Balaban J connectivity index is 2.53. The van der Waals surface area contributed by atoms with E-state index in [-0.39, 0.29) is 12.5 Å². The predicted octanol–water partition coefficient (Wildman–Crippen LogP) is 1.89. The number of aliphatic hydroxyl groups is 1. The minimum atomic E-state index is -0.0597. The average molecular weight is 264 g/mol. The van der Waals surface area contributed by atoms with Gasteiger partial charge in [0.1, 0.15) is 0 Å². The molecule has 0 radical (unpaired) electrons. The fourth-order valence-corrected chi connectivity index (χ4v) is 1.74. The largest absolute Gasteiger partial charge is 0.396 e. The summed E-state index contributed by atoms with van der Waals surface area (Å²) in [6.45, 7) is 5.79. The highest BCUT2D eigenvalue weighted by Gasteiger charge is 2.08. The molecule has 0 saturated carbocycles. The lowest BCUT2D eigenvalue weighted by Gasteiger charge is -2.17. The number of rotatable bonds is 7. The molecule has 106 valence electrons. The van der Waals surface area contributed by atoms with Crippen LogP contribution >= 0.6 is 0 Å². The van der Waals surface area contributed by atoms with Crippen molar-refractivity contribution in [2.75, 3.05) is 31.6 Å². The number of aliphatic hydroxyl groups excluding tert-OH is 1. The second-order valence-corrected chi connectivity index (χ2v) is 4.89. The van der Waals surface area contributed by atoms with Crippen LogP contribution in [0.25, 0.3) is 0 Å². The molecule has 1 aromatic rings. The molecule has 0 heterocycles. The second kappa shape index (κ2) is 7.79. The molecular weight excluding hydrogens is 240 g/mol. The van der Waals surface area contributed by atoms with Gasteiger partial charge in [0.15, 0.2) is 0 Å². The quantitative estimate of drug-likeness (QED) is 0.791. The third-order valence-electron chi connectivity index (χ3n) is 3.28. The Morgan fingerprint density at radius 1 is 1.37 bits per heavy atom. The number of carbonyl (C=O) groups excluding carboxylic acids is 1. The highest BCUT2D eigenvalue weighted by Crippen LogP contribution is 2.13. The van der Waals surface area contributed by atoms with E-state index in [1.165, 1.54) is 0 Å². The first-order valence-electron chi connectivity index (χ1n) is 6.78. The molecule has 4 nitrogen and oxygen atoms in total. The van der Waals surface area contributed by atoms with Crippen LogP contribution in [0.15, 0.2) is 24.3 Å². The van der Waals surface area contributed by atoms with Crippen molar-refractivity contribution in [1.82, 2.24) is 5.32 Å². The fraction of sp³-hybridized carbons (Fsp3) is 0.533. The van der Waals surface area contributed by atoms with Crippen molar-refractivity contribution < 1.29 is 9.90 Å². The summed E-state index contributed by atoms with van der Waals surface area (Å²) in [6, 6.07) is 7.59. The fourth-order valence-electron chi connectivity index (χ4n) is 1.74. The summed E-state index contributed by atoms with van der Waals surface area (Å²) in [6.07, 6.45) is 0.709. The molecule has 4 heteroatoms. The van der Waals surface area contributed by atoms with Crippen LogP contribution in [-0.2, 0) is 0 Å². The summed E-state index contributed by atoms with van der Waals surface area (Å²) in [5.41, 5.74) is 1.78. The van der Waals surface area contributed by atoms with Crippen LogP contribution in [0.2, 0.25) is 0 Å². The molecule has 0 spiro atoms. The lowest BCUT2D eigenvalue weighted by Crippen LogP contribution is -2.28. The van der Waals surface area contributed by atoms with Gasteiger partial charge in [-0.15, -0.1) is 0 Å². The zero-order valence-corrected chi connectivity index (χ0v) is 12.0. The molecule has 0 bridgehead atoms. The predicted molar refractivity (Wildman–Crippen MR) is 78.6 cm³/mol. The summed E-state index contributed by atoms with van der Waals surface area (Å²) < 4.78 is 0. The van der Waals surface area contributed by atoms with Crippen molar-refractivity contribution in [3.05, 3.63) is 29.8 Å². The zero-order valence-electron chi connectivity index (χ0n) is 12.0. The summed E-state index contributed by atoms with van der Waals surface area (Å²) in [5.74, 6) is 0.231. The van der Waals surface area contributed by atoms with Gasteiger partial charge in [-0.05, 0) is 43.5 Å². The van der Waals surface area contributed by atoms with Crippen molar-refractivity contribution in [3.8, 4) is 0 Å². The van der Waals surface area contributed by atoms with Gasteiger partial charge in [0.05, 0.1) is 0 Å². The maximum atomic E-state index is 11.9. The molecule has 1 rings (SSSR count). The van der Waals surface area contributed by atoms with Crippen molar-refractivity contribution in [3.63, 3.8) is 0 Å². The third-order valence-corrected chi connectivity index (χ3v) is 3.28. The van der Waals surface area contributed by atoms with Gasteiger partial charge in [-0.3, -0.25) is 4.79 Å². The average Bonchev–Trinajstić information content (AvgIpc) is 2.44. The lowest BCUT2D eigenvalue weighted by atomic mass is 10.1. The Hall–Kier alpha value is -1.55. The van der Waals surface area contributed by atoms with E-state index in [2.05, 4.69) is 17.1 Å². The number of carbonyl (C=O) groups is 1. The number of hydrogen-bond donors (Lipinski definition) is 2. The van der Waals surface area contributed by atoms with Gasteiger partial charge in [-0.25, -0.2) is 0 Å². The molecule has 0 aromatic heterocycles. The number of benzene rings is 1. The van der Waals surface area contributed by atoms with Crippen molar-refractivity contribution in [2.45, 2.75) is 20.3 Å². The summed E-state index contributed by atoms with van der Waals surface area (Å²) in [5, 5.41) is 11.7. The lowest BCUT2D eigenvalue weighted by molar-refractivity contribution is 0.0945. The van der Waals surface area contributed by atoms with Crippen LogP contribution in [0.3, 0.4) is 0 Å². The van der Waals surface area contributed by atoms with E-state index in [4.69, 9.17) is 5.11 Å². The number of hydrogen-bond acceptors (Lipinski definition) is 3. The van der Waals surface area contributed by atoms with Crippen LogP contribution < -0.4 is 10.2 Å². The Bertz CT molecular complexity index is 390. The van der Waals surface area contributed by atoms with Crippen LogP contribution in [-0.4, -0.2) is 37.8 Å². The third kappa shape index (κ3) is 4.91. The van der Waals surface area contributed by atoms with Crippen molar-refractivity contribution in [1.29, 1.82) is 0 Å². The maximum Gasteiger partial charge on any atom is 0.251 e. The van der Waals surface area contributed by atoms with Gasteiger partial charge in [0.25, 0.3) is 5.91 Å². The minimum absolute atomic E-state index is 0.0597. The van der Waals surface area contributed by atoms with E-state index >= 15 is 0 Å². The molecule has 1 aromatic carbocycles. The SMILES string of the molecule is CCN(C)c1ccc(C(=O)NCC(C)CCO)cc1. The number of anilines is 1. The summed E-state index contributed by atoms with van der Waals surface area (Å²) >= 11 is 0. The molecule has 0 saturated heterocycles. The van der Waals surface area contributed by atoms with Crippen LogP contribution in [0.1, 0.15) is 30.6 Å². The molecule has 0 fully saturated rings. The molecule has 0 aliphatic rings. The van der Waals surface area contributed by atoms with Gasteiger partial charge in [-0.2, -0.15) is 0 Å². The molecule has 1 amide bonds. The van der Waals surface area contributed by atoms with Gasteiger partial charge in [-0.1, -0.05) is 6.92 Å². The van der Waals surface area contributed by atoms with E-state index in [1.807, 2.05) is 38.2 Å². The van der Waals surface area contributed by atoms with Gasteiger partial charge < -0.3 is 15.3 Å². The topological polar surface area (TPSA) is 52.6 Å². The first-order valence-corrected chi connectivity index (χ1v) is 6.78. The smallest absolute Gasteiger partial charge is 0.251 e. The van der Waals surface area contributed by atoms with E-state index in [0.29, 0.717) is 24.4 Å². The maximum absolute atomic E-state index is 11.9. The summed E-state index contributed by atoms with van der Waals surface area (Å²) in [4.78, 5) is 14.0. The highest BCUT2D eigenvalue weighted by molar-refractivity contribution is 5.94. The van der Waals surface area contributed by atoms with Gasteiger partial charge >= 0.3 is 0 Å². The van der Waals surface area contributed by atoms with E-state index in [0.717, 1.165) is 12.2 Å². The normalized spacial score (nSPS) is 12.0. The molecule has 19 heavy (non-hydrogen) atoms. The monoisotopic (exact) mass is 264 g/mol. The van der Waals surface area contributed by atoms with Crippen molar-refractivity contribution in [2.24, 2.45) is 5.92 Å². The Labute approximate surface area is 115 Å². The Morgan fingerprint density at radius 2 is 2.00 bits per heavy atom. The van der Waals surface area contributed by atoms with Crippen LogP contribution in [0.5, 0.6) is 0 Å². The van der Waals surface area contributed by atoms with Crippen LogP contribution in [0.4, 0.5) is 5.69 Å². The minimum Gasteiger partial charge on any atom is -0.396 e. The highest BCUT2D eigenvalue weighted by atomic mass is 16.3. The molecular formula is C15H24N2O2. The Morgan fingerprint density at radius 3 is 2.53 bits per heavy atom.